The zero-order valence-corrected chi connectivity index (χ0v) is 93.4. The molecule has 10 aromatic rings. The van der Waals surface area contributed by atoms with Crippen molar-refractivity contribution in [3.8, 4) is 17.2 Å². The summed E-state index contributed by atoms with van der Waals surface area (Å²) < 4.78 is 104. The zero-order chi connectivity index (χ0) is 107. The molecule has 0 bridgehead atoms. The lowest BCUT2D eigenvalue weighted by molar-refractivity contribution is -0.137. The van der Waals surface area contributed by atoms with E-state index >= 15 is 0 Å². The van der Waals surface area contributed by atoms with E-state index in [9.17, 15) is 35.2 Å². The summed E-state index contributed by atoms with van der Waals surface area (Å²) in [5.41, 5.74) is 12.5. The van der Waals surface area contributed by atoms with E-state index in [-0.39, 0.29) is 17.4 Å². The number of anilines is 10. The minimum absolute atomic E-state index is 0.139. The van der Waals surface area contributed by atoms with Gasteiger partial charge in [-0.3, -0.25) is 4.79 Å². The van der Waals surface area contributed by atoms with Crippen molar-refractivity contribution in [1.82, 2.24) is 52.2 Å². The fraction of sp³-hybridized carbons (Fsp3) is 0.455. The molecule has 10 aliphatic rings. The molecule has 0 saturated carbocycles. The van der Waals surface area contributed by atoms with E-state index in [2.05, 4.69) is 171 Å². The Balaban J connectivity index is 0.000000158. The maximum atomic E-state index is 13.1. The van der Waals surface area contributed by atoms with Crippen molar-refractivity contribution in [2.45, 2.75) is 62.0 Å². The predicted octanol–water partition coefficient (Wildman–Crippen LogP) is 18.0. The third-order valence-electron chi connectivity index (χ3n) is 26.7. The van der Waals surface area contributed by atoms with Crippen LogP contribution >= 0.6 is 69.8 Å². The van der Waals surface area contributed by atoms with Gasteiger partial charge in [0.05, 0.1) is 59.6 Å². The lowest BCUT2D eigenvalue weighted by atomic mass is 10.1. The molecule has 0 amide bonds. The molecule has 26 nitrogen and oxygen atoms in total. The first-order valence-electron chi connectivity index (χ1n) is 51.8. The van der Waals surface area contributed by atoms with Crippen LogP contribution in [-0.2, 0) is 16.2 Å². The second-order valence-electron chi connectivity index (χ2n) is 37.3. The molecule has 150 heavy (non-hydrogen) atoms. The highest BCUT2D eigenvalue weighted by molar-refractivity contribution is 7.98. The number of sulfonamides is 1. The number of rotatable bonds is 17. The van der Waals surface area contributed by atoms with Crippen molar-refractivity contribution in [3.05, 3.63) is 266 Å². The number of methoxy groups -OCH3 is 3. The van der Waals surface area contributed by atoms with Crippen LogP contribution in [0.3, 0.4) is 0 Å². The van der Waals surface area contributed by atoms with Crippen LogP contribution < -0.4 is 111 Å². The summed E-state index contributed by atoms with van der Waals surface area (Å²) in [4.78, 5) is 35.7. The van der Waals surface area contributed by atoms with E-state index in [1.807, 2.05) is 79.7 Å². The number of Topliss-reactive ketones (excluding diaryl/α,β-unsaturated/α-hetero) is 1. The first-order chi connectivity index (χ1) is 72.5. The largest absolute Gasteiger partial charge is 0.495 e. The summed E-state index contributed by atoms with van der Waals surface area (Å²) in [7, 11) is 4.62. The van der Waals surface area contributed by atoms with E-state index in [0.717, 1.165) is 326 Å². The van der Waals surface area contributed by atoms with Gasteiger partial charge in [0, 0.05) is 345 Å². The third kappa shape index (κ3) is 39.4. The first kappa shape index (κ1) is 120. The highest BCUT2D eigenvalue weighted by Crippen LogP contribution is 2.37. The van der Waals surface area contributed by atoms with Crippen LogP contribution in [0.4, 0.5) is 78.8 Å². The first-order valence-corrected chi connectivity index (χ1v) is 56.4. The highest BCUT2D eigenvalue weighted by Gasteiger charge is 2.31. The minimum Gasteiger partial charge on any atom is -0.495 e. The van der Waals surface area contributed by atoms with Crippen LogP contribution in [0.5, 0.6) is 17.2 Å². The Morgan fingerprint density at radius 1 is 0.367 bits per heavy atom. The number of hydrogen-bond acceptors (Lipinski definition) is 26. The molecular weight excluding hydrogens is 2060 g/mol. The summed E-state index contributed by atoms with van der Waals surface area (Å²) >= 11 is 31.5. The molecule has 10 saturated heterocycles. The van der Waals surface area contributed by atoms with Crippen LogP contribution in [0.25, 0.3) is 0 Å². The topological polar surface area (TPSA) is 223 Å². The van der Waals surface area contributed by atoms with Gasteiger partial charge in [-0.05, 0) is 240 Å². The molecule has 10 aliphatic heterocycles. The molecular formula is C112H152Cl5F5N20O6S2. The van der Waals surface area contributed by atoms with Crippen molar-refractivity contribution in [3.63, 3.8) is 0 Å². The molecule has 818 valence electrons. The Bertz CT molecular complexity index is 5680. The van der Waals surface area contributed by atoms with Crippen molar-refractivity contribution < 1.29 is 49.4 Å². The average molecular weight is 2210 g/mol. The maximum Gasteiger partial charge on any atom is 0.416 e. The summed E-state index contributed by atoms with van der Waals surface area (Å²) in [5.74, 6) is 1.86. The SMILES string of the molecule is CC(=O)c1ccc(N2CCCCC2)cc1.CN(C)S(=O)(=O)c1ccc(N2CCNCC2)cc1.COc1cc(Cl)ccc1N1CCNCC1.COc1cc(F)ccc1N1CCNCC1.COc1ccc(F)cc1N1CCNCC1.CSc1cccc(N2CCNCC2)c1.C[C@H]1CN(c2ccc(Cl)cc2)CCN1.Cc1cc(N2CCNCC2)ccc1Cl.Clc1ccc(N2CCNCC2)c(Cl)c1.FC(F)(F)c1ccc(N2CCNCC2)cc1. The number of hydrogen-bond donors (Lipinski definition) is 9. The van der Waals surface area contributed by atoms with E-state index in [1.165, 1.54) is 87.6 Å². The second kappa shape index (κ2) is 63.8. The number of thioether (sulfide) groups is 1. The van der Waals surface area contributed by atoms with Crippen LogP contribution in [-0.4, -0.2) is 308 Å². The monoisotopic (exact) mass is 2210 g/mol. The molecule has 0 spiro atoms. The number of ketones is 1. The fourth-order valence-corrected chi connectivity index (χ4v) is 20.5. The summed E-state index contributed by atoms with van der Waals surface area (Å²) in [6.45, 7) is 42.9. The van der Waals surface area contributed by atoms with Gasteiger partial charge in [0.25, 0.3) is 0 Å². The Morgan fingerprint density at radius 2 is 0.727 bits per heavy atom. The number of halogens is 10. The standard InChI is InChI=1S/C13H17NO.C12H19N3O2S.C11H15ClN2O.2C11H15ClN2.C11H13F3N2.2C11H15FN2O.C11H16N2S.C10H12Cl2N2/c1-11(15)12-5-7-13(8-6-12)14-9-3-2-4-10-14;1-14(2)18(16,17)12-5-3-11(4-6-12)15-9-7-13-8-10-15;1-15-11-8-9(12)2-3-10(11)14-6-4-13-5-7-14;1-9-8-14(7-6-13-9)11-4-2-10(12)3-5-11;1-9-8-10(2-3-11(9)12)14-6-4-13-5-7-14;12-11(13,14)9-1-3-10(4-2-9)16-7-5-15-6-8-16;1-15-11-3-2-9(12)8-10(11)14-6-4-13-5-7-14;1-15-11-8-9(12)2-3-10(11)14-6-4-13-5-7-14;1-14-11-4-2-3-10(9-11)13-7-5-12-6-8-13;11-8-1-2-10(9(12)7-8)14-5-3-13-4-6-14/h5-8H,2-4,9-10H2,1H3;3-6,13H,7-10H2,1-2H3;2-3,8,13H,4-7H2,1H3;2-5,9,13H,6-8H2,1H3;2-3,8,13H,4-7H2,1H3;1-4,15H,5-8H2;2*2-3,8,13H,4-7H2,1H3;2-4,9,12H,5-8H2,1H3;1-2,7,13H,3-6H2/t;;;9-;;;;;;/m...0....../s1. The average Bonchev–Trinajstić information content (AvgIpc) is 0.808. The lowest BCUT2D eigenvalue weighted by Crippen LogP contribution is -2.49. The van der Waals surface area contributed by atoms with Gasteiger partial charge in [0.15, 0.2) is 5.78 Å². The van der Waals surface area contributed by atoms with Gasteiger partial charge >= 0.3 is 6.18 Å². The number of piperidine rings is 1. The molecule has 9 N–H and O–H groups in total. The van der Waals surface area contributed by atoms with Gasteiger partial charge < -0.3 is 111 Å². The number of nitrogens with zero attached hydrogens (tertiary/aromatic N) is 11. The van der Waals surface area contributed by atoms with Crippen molar-refractivity contribution in [1.29, 1.82) is 0 Å². The van der Waals surface area contributed by atoms with E-state index in [0.29, 0.717) is 26.7 Å². The van der Waals surface area contributed by atoms with Gasteiger partial charge in [-0.15, -0.1) is 11.8 Å². The molecule has 0 aromatic heterocycles. The molecule has 10 aromatic carbocycles. The number of carbonyl (C=O) groups is 1. The van der Waals surface area contributed by atoms with Gasteiger partial charge in [0.1, 0.15) is 28.9 Å². The van der Waals surface area contributed by atoms with Crippen molar-refractivity contribution in [2.75, 3.05) is 333 Å². The summed E-state index contributed by atoms with van der Waals surface area (Å²) in [5, 5.41) is 33.6. The van der Waals surface area contributed by atoms with Crippen LogP contribution in [0, 0.1) is 18.6 Å². The van der Waals surface area contributed by atoms with Gasteiger partial charge in [-0.1, -0.05) is 64.1 Å². The highest BCUT2D eigenvalue weighted by atomic mass is 35.5. The number of benzene rings is 10. The number of piperazine rings is 9. The second-order valence-corrected chi connectivity index (χ2v) is 42.5. The van der Waals surface area contributed by atoms with Gasteiger partial charge in [0.2, 0.25) is 10.0 Å². The van der Waals surface area contributed by atoms with Crippen molar-refractivity contribution in [2.24, 2.45) is 0 Å². The quantitative estimate of drug-likeness (QED) is 0.0235. The van der Waals surface area contributed by atoms with Gasteiger partial charge in [-0.2, -0.15) is 13.2 Å². The van der Waals surface area contributed by atoms with E-state index in [4.69, 9.17) is 72.2 Å². The van der Waals surface area contributed by atoms with Crippen molar-refractivity contribution >= 4 is 142 Å². The molecule has 20 rings (SSSR count). The Hall–Kier alpha value is -9.73. The zero-order valence-electron chi connectivity index (χ0n) is 88.0. The molecule has 0 unspecified atom stereocenters. The Kier molecular flexibility index (Phi) is 51.3. The molecule has 10 fully saturated rings. The third-order valence-corrected chi connectivity index (χ3v) is 30.7. The summed E-state index contributed by atoms with van der Waals surface area (Å²) in [6, 6.07) is 64.8. The van der Waals surface area contributed by atoms with E-state index in [1.54, 1.807) is 84.4 Å². The smallest absolute Gasteiger partial charge is 0.416 e. The van der Waals surface area contributed by atoms with E-state index < -0.39 is 21.8 Å². The molecule has 0 aliphatic carbocycles. The van der Waals surface area contributed by atoms with Gasteiger partial charge in [-0.25, -0.2) is 21.5 Å². The molecule has 38 heteroatoms. The fourth-order valence-electron chi connectivity index (χ4n) is 18.2. The lowest BCUT2D eigenvalue weighted by Gasteiger charge is -2.33. The van der Waals surface area contributed by atoms with Crippen LogP contribution in [0.1, 0.15) is 54.6 Å². The van der Waals surface area contributed by atoms with Crippen LogP contribution in [0.15, 0.2) is 222 Å². The molecule has 10 heterocycles. The normalized spacial score (nSPS) is 17.4. The Morgan fingerprint density at radius 3 is 1.16 bits per heavy atom. The molecule has 1 atom stereocenters. The minimum atomic E-state index is -4.25. The number of ether oxygens (including phenoxy) is 3. The van der Waals surface area contributed by atoms with Crippen LogP contribution in [0.2, 0.25) is 25.1 Å². The number of aryl methyl sites for hydroxylation is 1. The number of alkyl halides is 3. The Labute approximate surface area is 915 Å². The summed E-state index contributed by atoms with van der Waals surface area (Å²) in [6.07, 6.45) is 1.80. The number of carbonyl (C=O) groups excluding carboxylic acids is 1. The predicted molar refractivity (Wildman–Crippen MR) is 618 cm³/mol. The maximum absolute atomic E-state index is 13.1. The number of nitrogens with one attached hydrogen (secondary N) is 9. The molecule has 0 radical (unpaired) electrons.